The molecule has 22 heavy (non-hydrogen) atoms. The molecule has 0 bridgehead atoms. The number of aromatic nitrogens is 1. The maximum absolute atomic E-state index is 13.2. The second-order valence-corrected chi connectivity index (χ2v) is 4.93. The first kappa shape index (κ1) is 16.3. The van der Waals surface area contributed by atoms with Crippen molar-refractivity contribution in [3.63, 3.8) is 0 Å². The monoisotopic (exact) mass is 310 g/mol. The largest absolute Gasteiger partial charge is 0.434 e. The smallest absolute Gasteiger partial charge is 0.387 e. The van der Waals surface area contributed by atoms with E-state index < -0.39 is 12.4 Å². The average molecular weight is 310 g/mol. The SMILES string of the molecule is Cc1cccnc1CN[C@@H](C)c1ccc(F)cc1OC(F)F. The zero-order valence-corrected chi connectivity index (χ0v) is 12.3. The number of nitrogens with one attached hydrogen (secondary N) is 1. The number of pyridine rings is 1. The molecule has 1 aromatic heterocycles. The van der Waals surface area contributed by atoms with Crippen LogP contribution in [0.5, 0.6) is 5.75 Å². The second-order valence-electron chi connectivity index (χ2n) is 4.93. The van der Waals surface area contributed by atoms with Gasteiger partial charge in [0.1, 0.15) is 11.6 Å². The molecule has 0 saturated heterocycles. The van der Waals surface area contributed by atoms with Crippen molar-refractivity contribution in [2.75, 3.05) is 0 Å². The summed E-state index contributed by atoms with van der Waals surface area (Å²) in [6.45, 7) is 1.21. The van der Waals surface area contributed by atoms with E-state index in [4.69, 9.17) is 0 Å². The molecule has 0 saturated carbocycles. The summed E-state index contributed by atoms with van der Waals surface area (Å²) < 4.78 is 42.5. The molecule has 2 aromatic rings. The summed E-state index contributed by atoms with van der Waals surface area (Å²) in [5.41, 5.74) is 2.37. The van der Waals surface area contributed by atoms with Gasteiger partial charge in [0, 0.05) is 30.4 Å². The van der Waals surface area contributed by atoms with E-state index in [0.717, 1.165) is 17.3 Å². The van der Waals surface area contributed by atoms with Gasteiger partial charge in [-0.15, -0.1) is 0 Å². The van der Waals surface area contributed by atoms with Crippen LogP contribution in [0.4, 0.5) is 13.2 Å². The molecule has 1 atom stereocenters. The first-order chi connectivity index (χ1) is 10.5. The third-order valence-electron chi connectivity index (χ3n) is 3.35. The minimum absolute atomic E-state index is 0.159. The summed E-state index contributed by atoms with van der Waals surface area (Å²) in [6.07, 6.45) is 1.69. The lowest BCUT2D eigenvalue weighted by Gasteiger charge is -2.18. The second kappa shape index (κ2) is 7.26. The molecule has 0 spiro atoms. The number of alkyl halides is 2. The lowest BCUT2D eigenvalue weighted by Crippen LogP contribution is -2.20. The van der Waals surface area contributed by atoms with Crippen molar-refractivity contribution in [1.82, 2.24) is 10.3 Å². The number of rotatable bonds is 6. The zero-order valence-electron chi connectivity index (χ0n) is 12.3. The third kappa shape index (κ3) is 4.21. The van der Waals surface area contributed by atoms with E-state index in [1.807, 2.05) is 19.1 Å². The summed E-state index contributed by atoms with van der Waals surface area (Å²) in [6, 6.07) is 7.12. The molecule has 6 heteroatoms. The lowest BCUT2D eigenvalue weighted by molar-refractivity contribution is -0.0508. The molecule has 2 rings (SSSR count). The van der Waals surface area contributed by atoms with Gasteiger partial charge in [0.15, 0.2) is 0 Å². The molecular weight excluding hydrogens is 293 g/mol. The summed E-state index contributed by atoms with van der Waals surface area (Å²) in [5, 5.41) is 3.18. The maximum Gasteiger partial charge on any atom is 0.387 e. The van der Waals surface area contributed by atoms with Crippen LogP contribution in [0.15, 0.2) is 36.5 Å². The highest BCUT2D eigenvalue weighted by Gasteiger charge is 2.16. The minimum Gasteiger partial charge on any atom is -0.434 e. The Labute approximate surface area is 127 Å². The molecule has 0 radical (unpaired) electrons. The average Bonchev–Trinajstić information content (AvgIpc) is 2.45. The zero-order chi connectivity index (χ0) is 16.1. The number of nitrogens with zero attached hydrogens (tertiary/aromatic N) is 1. The van der Waals surface area contributed by atoms with Gasteiger partial charge in [-0.1, -0.05) is 12.1 Å². The maximum atomic E-state index is 13.2. The molecule has 0 unspecified atom stereocenters. The molecule has 0 amide bonds. The topological polar surface area (TPSA) is 34.2 Å². The standard InChI is InChI=1S/C16H17F3N2O/c1-10-4-3-7-20-14(10)9-21-11(2)13-6-5-12(17)8-15(13)22-16(18)19/h3-8,11,16,21H,9H2,1-2H3/t11-/m0/s1. The van der Waals surface area contributed by atoms with Gasteiger partial charge in [-0.25, -0.2) is 4.39 Å². The van der Waals surface area contributed by atoms with Crippen LogP contribution in [0.2, 0.25) is 0 Å². The van der Waals surface area contributed by atoms with Crippen molar-refractivity contribution in [3.05, 3.63) is 59.2 Å². The number of ether oxygens (including phenoxy) is 1. The van der Waals surface area contributed by atoms with E-state index >= 15 is 0 Å². The molecule has 3 nitrogen and oxygen atoms in total. The highest BCUT2D eigenvalue weighted by molar-refractivity contribution is 5.36. The fraction of sp³-hybridized carbons (Fsp3) is 0.312. The fourth-order valence-corrected chi connectivity index (χ4v) is 2.13. The summed E-state index contributed by atoms with van der Waals surface area (Å²) in [7, 11) is 0. The van der Waals surface area contributed by atoms with Crippen molar-refractivity contribution in [2.45, 2.75) is 33.0 Å². The quantitative estimate of drug-likeness (QED) is 0.876. The van der Waals surface area contributed by atoms with Crippen molar-refractivity contribution < 1.29 is 17.9 Å². The molecule has 1 aromatic carbocycles. The predicted molar refractivity (Wildman–Crippen MR) is 77.3 cm³/mol. The Morgan fingerprint density at radius 1 is 1.27 bits per heavy atom. The van der Waals surface area contributed by atoms with Crippen LogP contribution in [-0.2, 0) is 6.54 Å². The molecule has 0 aliphatic rings. The van der Waals surface area contributed by atoms with E-state index in [1.54, 1.807) is 13.1 Å². The molecule has 118 valence electrons. The van der Waals surface area contributed by atoms with Gasteiger partial charge in [-0.2, -0.15) is 8.78 Å². The Kier molecular flexibility index (Phi) is 5.38. The van der Waals surface area contributed by atoms with Crippen molar-refractivity contribution in [3.8, 4) is 5.75 Å². The summed E-state index contributed by atoms with van der Waals surface area (Å²) in [5.74, 6) is -0.778. The van der Waals surface area contributed by atoms with E-state index in [1.165, 1.54) is 12.1 Å². The Hall–Kier alpha value is -2.08. The normalized spacial score (nSPS) is 12.5. The number of hydrogen-bond donors (Lipinski definition) is 1. The van der Waals surface area contributed by atoms with Crippen LogP contribution in [-0.4, -0.2) is 11.6 Å². The molecule has 0 aliphatic heterocycles. The Bertz CT molecular complexity index is 635. The van der Waals surface area contributed by atoms with Gasteiger partial charge in [-0.05, 0) is 31.5 Å². The van der Waals surface area contributed by atoms with Crippen molar-refractivity contribution in [2.24, 2.45) is 0 Å². The van der Waals surface area contributed by atoms with Gasteiger partial charge in [0.05, 0.1) is 5.69 Å². The Morgan fingerprint density at radius 3 is 2.73 bits per heavy atom. The third-order valence-corrected chi connectivity index (χ3v) is 3.35. The summed E-state index contributed by atoms with van der Waals surface area (Å²) in [4.78, 5) is 4.26. The van der Waals surface area contributed by atoms with Gasteiger partial charge >= 0.3 is 6.61 Å². The van der Waals surface area contributed by atoms with Crippen LogP contribution < -0.4 is 10.1 Å². The Morgan fingerprint density at radius 2 is 2.05 bits per heavy atom. The van der Waals surface area contributed by atoms with Crippen LogP contribution in [0, 0.1) is 12.7 Å². The number of hydrogen-bond acceptors (Lipinski definition) is 3. The molecule has 1 N–H and O–H groups in total. The highest BCUT2D eigenvalue weighted by atomic mass is 19.3. The molecule has 0 fully saturated rings. The van der Waals surface area contributed by atoms with Gasteiger partial charge in [-0.3, -0.25) is 4.98 Å². The van der Waals surface area contributed by atoms with E-state index in [-0.39, 0.29) is 11.8 Å². The number of benzene rings is 1. The first-order valence-electron chi connectivity index (χ1n) is 6.85. The Balaban J connectivity index is 2.12. The van der Waals surface area contributed by atoms with Crippen LogP contribution in [0.3, 0.4) is 0 Å². The van der Waals surface area contributed by atoms with Crippen molar-refractivity contribution in [1.29, 1.82) is 0 Å². The van der Waals surface area contributed by atoms with Crippen LogP contribution in [0.1, 0.15) is 29.8 Å². The van der Waals surface area contributed by atoms with Crippen molar-refractivity contribution >= 4 is 0 Å². The fourth-order valence-electron chi connectivity index (χ4n) is 2.13. The highest BCUT2D eigenvalue weighted by Crippen LogP contribution is 2.27. The number of halogens is 3. The van der Waals surface area contributed by atoms with Gasteiger partial charge in [0.25, 0.3) is 0 Å². The van der Waals surface area contributed by atoms with E-state index in [9.17, 15) is 13.2 Å². The number of aryl methyl sites for hydroxylation is 1. The molecular formula is C16H17F3N2O. The van der Waals surface area contributed by atoms with Crippen LogP contribution >= 0.6 is 0 Å². The molecule has 1 heterocycles. The molecule has 0 aliphatic carbocycles. The summed E-state index contributed by atoms with van der Waals surface area (Å²) >= 11 is 0. The van der Waals surface area contributed by atoms with E-state index in [2.05, 4.69) is 15.0 Å². The minimum atomic E-state index is -2.99. The first-order valence-corrected chi connectivity index (χ1v) is 6.85. The lowest BCUT2D eigenvalue weighted by atomic mass is 10.1. The predicted octanol–water partition coefficient (Wildman–Crippen LogP) is 3.98. The van der Waals surface area contributed by atoms with E-state index in [0.29, 0.717) is 12.1 Å². The van der Waals surface area contributed by atoms with Gasteiger partial charge < -0.3 is 10.1 Å². The van der Waals surface area contributed by atoms with Crippen LogP contribution in [0.25, 0.3) is 0 Å². The van der Waals surface area contributed by atoms with Gasteiger partial charge in [0.2, 0.25) is 0 Å².